The Kier molecular flexibility index (Phi) is 3.12. The number of benzene rings is 1. The summed E-state index contributed by atoms with van der Waals surface area (Å²) < 4.78 is 13.2. The van der Waals surface area contributed by atoms with E-state index >= 15 is 0 Å². The summed E-state index contributed by atoms with van der Waals surface area (Å²) in [5.74, 6) is -0.136. The number of aliphatic hydroxyl groups excluding tert-OH is 1. The monoisotopic (exact) mass is 249 g/mol. The van der Waals surface area contributed by atoms with E-state index in [2.05, 4.69) is 5.32 Å². The molecule has 3 heteroatoms. The SMILES string of the molecule is OCC1(CNC2CCCc3cc(F)ccc32)CC1. The lowest BCUT2D eigenvalue weighted by molar-refractivity contribution is 0.202. The molecule has 2 aliphatic carbocycles. The molecule has 1 aromatic rings. The molecule has 1 unspecified atom stereocenters. The van der Waals surface area contributed by atoms with Crippen LogP contribution < -0.4 is 5.32 Å². The number of nitrogens with one attached hydrogen (secondary N) is 1. The topological polar surface area (TPSA) is 32.3 Å². The highest BCUT2D eigenvalue weighted by Gasteiger charge is 2.42. The van der Waals surface area contributed by atoms with Crippen molar-refractivity contribution >= 4 is 0 Å². The second-order valence-electron chi connectivity index (χ2n) is 5.83. The van der Waals surface area contributed by atoms with Crippen molar-refractivity contribution in [2.75, 3.05) is 13.2 Å². The van der Waals surface area contributed by atoms with Crippen LogP contribution in [0.15, 0.2) is 18.2 Å². The van der Waals surface area contributed by atoms with Crippen molar-refractivity contribution in [3.8, 4) is 0 Å². The van der Waals surface area contributed by atoms with Crippen molar-refractivity contribution in [3.63, 3.8) is 0 Å². The summed E-state index contributed by atoms with van der Waals surface area (Å²) in [5.41, 5.74) is 2.53. The van der Waals surface area contributed by atoms with Gasteiger partial charge in [-0.3, -0.25) is 0 Å². The van der Waals surface area contributed by atoms with Gasteiger partial charge < -0.3 is 10.4 Å². The summed E-state index contributed by atoms with van der Waals surface area (Å²) in [4.78, 5) is 0. The van der Waals surface area contributed by atoms with Crippen LogP contribution in [0.4, 0.5) is 4.39 Å². The Labute approximate surface area is 107 Å². The van der Waals surface area contributed by atoms with Crippen molar-refractivity contribution in [2.45, 2.75) is 38.1 Å². The van der Waals surface area contributed by atoms with Crippen LogP contribution in [-0.2, 0) is 6.42 Å². The van der Waals surface area contributed by atoms with Crippen LogP contribution >= 0.6 is 0 Å². The van der Waals surface area contributed by atoms with Gasteiger partial charge in [-0.05, 0) is 55.4 Å². The average molecular weight is 249 g/mol. The molecular formula is C15H20FNO. The van der Waals surface area contributed by atoms with E-state index in [1.807, 2.05) is 6.07 Å². The molecule has 0 aliphatic heterocycles. The third-order valence-corrected chi connectivity index (χ3v) is 4.44. The largest absolute Gasteiger partial charge is 0.396 e. The molecule has 0 heterocycles. The zero-order valence-corrected chi connectivity index (χ0v) is 10.6. The molecule has 0 spiro atoms. The van der Waals surface area contributed by atoms with E-state index in [1.54, 1.807) is 12.1 Å². The third kappa shape index (κ3) is 2.29. The minimum atomic E-state index is -0.136. The van der Waals surface area contributed by atoms with Gasteiger partial charge in [0.1, 0.15) is 5.82 Å². The highest BCUT2D eigenvalue weighted by Crippen LogP contribution is 2.45. The van der Waals surface area contributed by atoms with E-state index in [0.717, 1.165) is 44.2 Å². The molecule has 3 rings (SSSR count). The van der Waals surface area contributed by atoms with Gasteiger partial charge in [0.15, 0.2) is 0 Å². The van der Waals surface area contributed by atoms with Gasteiger partial charge in [-0.2, -0.15) is 0 Å². The van der Waals surface area contributed by atoms with Gasteiger partial charge in [0.2, 0.25) is 0 Å². The highest BCUT2D eigenvalue weighted by molar-refractivity contribution is 5.32. The number of aliphatic hydroxyl groups is 1. The molecule has 18 heavy (non-hydrogen) atoms. The van der Waals surface area contributed by atoms with Crippen molar-refractivity contribution in [1.29, 1.82) is 0 Å². The van der Waals surface area contributed by atoms with Gasteiger partial charge in [-0.15, -0.1) is 0 Å². The summed E-state index contributed by atoms with van der Waals surface area (Å²) in [7, 11) is 0. The second kappa shape index (κ2) is 4.63. The van der Waals surface area contributed by atoms with E-state index in [4.69, 9.17) is 0 Å². The maximum absolute atomic E-state index is 13.2. The molecule has 0 radical (unpaired) electrons. The van der Waals surface area contributed by atoms with Crippen molar-refractivity contribution < 1.29 is 9.50 Å². The van der Waals surface area contributed by atoms with Gasteiger partial charge in [0, 0.05) is 24.6 Å². The third-order valence-electron chi connectivity index (χ3n) is 4.44. The lowest BCUT2D eigenvalue weighted by atomic mass is 9.87. The lowest BCUT2D eigenvalue weighted by Crippen LogP contribution is -2.32. The molecule has 2 N–H and O–H groups in total. The van der Waals surface area contributed by atoms with Gasteiger partial charge in [-0.1, -0.05) is 6.07 Å². The zero-order chi connectivity index (χ0) is 12.6. The molecule has 0 aromatic heterocycles. The molecule has 2 aliphatic rings. The van der Waals surface area contributed by atoms with Crippen molar-refractivity contribution in [1.82, 2.24) is 5.32 Å². The Morgan fingerprint density at radius 1 is 1.39 bits per heavy atom. The second-order valence-corrected chi connectivity index (χ2v) is 5.83. The number of rotatable bonds is 4. The van der Waals surface area contributed by atoms with Crippen LogP contribution in [0.5, 0.6) is 0 Å². The quantitative estimate of drug-likeness (QED) is 0.859. The normalized spacial score (nSPS) is 24.7. The number of hydrogen-bond donors (Lipinski definition) is 2. The molecule has 0 saturated heterocycles. The van der Waals surface area contributed by atoms with Crippen molar-refractivity contribution in [3.05, 3.63) is 35.1 Å². The number of halogens is 1. The van der Waals surface area contributed by atoms with E-state index in [9.17, 15) is 9.50 Å². The predicted octanol–water partition coefficient (Wildman–Crippen LogP) is 2.57. The van der Waals surface area contributed by atoms with Crippen LogP contribution in [0.25, 0.3) is 0 Å². The molecule has 0 bridgehead atoms. The first-order valence-corrected chi connectivity index (χ1v) is 6.85. The Morgan fingerprint density at radius 3 is 2.94 bits per heavy atom. The van der Waals surface area contributed by atoms with Crippen LogP contribution in [0.1, 0.15) is 42.9 Å². The minimum Gasteiger partial charge on any atom is -0.396 e. The minimum absolute atomic E-state index is 0.136. The maximum atomic E-state index is 13.2. The van der Waals surface area contributed by atoms with Crippen LogP contribution in [0.2, 0.25) is 0 Å². The lowest BCUT2D eigenvalue weighted by Gasteiger charge is -2.28. The number of fused-ring (bicyclic) bond motifs is 1. The van der Waals surface area contributed by atoms with Gasteiger partial charge >= 0.3 is 0 Å². The Balaban J connectivity index is 1.71. The molecule has 1 atom stereocenters. The first kappa shape index (κ1) is 12.1. The summed E-state index contributed by atoms with van der Waals surface area (Å²) in [6.07, 6.45) is 5.45. The Hall–Kier alpha value is -0.930. The number of hydrogen-bond acceptors (Lipinski definition) is 2. The fourth-order valence-corrected chi connectivity index (χ4v) is 2.90. The van der Waals surface area contributed by atoms with Crippen LogP contribution in [0.3, 0.4) is 0 Å². The first-order valence-electron chi connectivity index (χ1n) is 6.85. The molecule has 98 valence electrons. The summed E-state index contributed by atoms with van der Waals surface area (Å²) in [6, 6.07) is 5.47. The summed E-state index contributed by atoms with van der Waals surface area (Å²) in [6.45, 7) is 1.16. The first-order chi connectivity index (χ1) is 8.72. The van der Waals surface area contributed by atoms with Crippen LogP contribution in [0, 0.1) is 11.2 Å². The van der Waals surface area contributed by atoms with Gasteiger partial charge in [0.05, 0.1) is 0 Å². The molecule has 1 fully saturated rings. The zero-order valence-electron chi connectivity index (χ0n) is 10.6. The number of aryl methyl sites for hydroxylation is 1. The average Bonchev–Trinajstić information content (AvgIpc) is 3.16. The standard InChI is InChI=1S/C15H20FNO/c16-12-4-5-13-11(8-12)2-1-3-14(13)17-9-15(10-18)6-7-15/h4-5,8,14,17-18H,1-3,6-7,9-10H2. The molecule has 1 aromatic carbocycles. The smallest absolute Gasteiger partial charge is 0.123 e. The van der Waals surface area contributed by atoms with Gasteiger partial charge in [0.25, 0.3) is 0 Å². The van der Waals surface area contributed by atoms with E-state index in [0.29, 0.717) is 6.04 Å². The maximum Gasteiger partial charge on any atom is 0.123 e. The molecule has 1 saturated carbocycles. The summed E-state index contributed by atoms with van der Waals surface area (Å²) >= 11 is 0. The Bertz CT molecular complexity index is 442. The Morgan fingerprint density at radius 2 is 2.22 bits per heavy atom. The van der Waals surface area contributed by atoms with Gasteiger partial charge in [-0.25, -0.2) is 4.39 Å². The van der Waals surface area contributed by atoms with E-state index in [-0.39, 0.29) is 17.8 Å². The molecule has 2 nitrogen and oxygen atoms in total. The van der Waals surface area contributed by atoms with E-state index < -0.39 is 0 Å². The van der Waals surface area contributed by atoms with E-state index in [1.165, 1.54) is 5.56 Å². The highest BCUT2D eigenvalue weighted by atomic mass is 19.1. The van der Waals surface area contributed by atoms with Crippen molar-refractivity contribution in [2.24, 2.45) is 5.41 Å². The molecular weight excluding hydrogens is 229 g/mol. The molecule has 0 amide bonds. The fourth-order valence-electron chi connectivity index (χ4n) is 2.90. The van der Waals surface area contributed by atoms with Crippen LogP contribution in [-0.4, -0.2) is 18.3 Å². The predicted molar refractivity (Wildman–Crippen MR) is 68.8 cm³/mol. The fraction of sp³-hybridized carbons (Fsp3) is 0.600. The summed E-state index contributed by atoms with van der Waals surface area (Å²) in [5, 5.41) is 12.9.